The van der Waals surface area contributed by atoms with Crippen LogP contribution in [0.2, 0.25) is 10.0 Å². The van der Waals surface area contributed by atoms with Crippen molar-refractivity contribution in [1.82, 2.24) is 20.6 Å². The molecule has 188 valence electrons. The van der Waals surface area contributed by atoms with Crippen LogP contribution in [-0.2, 0) is 13.2 Å². The van der Waals surface area contributed by atoms with Crippen LogP contribution in [0.3, 0.4) is 0 Å². The van der Waals surface area contributed by atoms with Gasteiger partial charge in [-0.25, -0.2) is 0 Å². The molecule has 0 saturated heterocycles. The number of carbonyl (C=O) groups is 2. The van der Waals surface area contributed by atoms with Crippen LogP contribution in [-0.4, -0.2) is 26.5 Å². The molecule has 0 atom stereocenters. The van der Waals surface area contributed by atoms with Gasteiger partial charge in [0.25, 0.3) is 11.8 Å². The number of rotatable bonds is 8. The van der Waals surface area contributed by atoms with Crippen LogP contribution in [0.4, 0.5) is 5.69 Å². The van der Waals surface area contributed by atoms with Crippen LogP contribution in [0, 0.1) is 10.1 Å². The summed E-state index contributed by atoms with van der Waals surface area (Å²) in [7, 11) is 0. The van der Waals surface area contributed by atoms with Gasteiger partial charge in [-0.2, -0.15) is 5.10 Å². The summed E-state index contributed by atoms with van der Waals surface area (Å²) in [6.07, 6.45) is 2.45. The third-order valence-electron chi connectivity index (χ3n) is 5.13. The zero-order chi connectivity index (χ0) is 26.4. The van der Waals surface area contributed by atoms with Crippen LogP contribution in [0.1, 0.15) is 31.8 Å². The van der Waals surface area contributed by atoms with E-state index >= 15 is 0 Å². The second-order valence-electron chi connectivity index (χ2n) is 7.83. The maximum atomic E-state index is 12.6. The molecule has 0 spiro atoms. The van der Waals surface area contributed by atoms with Crippen LogP contribution in [0.15, 0.2) is 79.1 Å². The molecule has 1 aromatic heterocycles. The van der Waals surface area contributed by atoms with Gasteiger partial charge in [-0.05, 0) is 47.5 Å². The summed E-state index contributed by atoms with van der Waals surface area (Å²) in [5.74, 6) is -0.628. The molecule has 0 saturated carbocycles. The minimum absolute atomic E-state index is 0.125. The first kappa shape index (κ1) is 25.7. The maximum absolute atomic E-state index is 12.6. The number of carbonyl (C=O) groups excluding carboxylic acids is 2. The van der Waals surface area contributed by atoms with Gasteiger partial charge in [-0.15, -0.1) is 0 Å². The van der Waals surface area contributed by atoms with Gasteiger partial charge < -0.3 is 4.74 Å². The predicted octanol–water partition coefficient (Wildman–Crippen LogP) is 4.80. The summed E-state index contributed by atoms with van der Waals surface area (Å²) in [4.78, 5) is 35.5. The third-order valence-corrected chi connectivity index (χ3v) is 5.68. The second kappa shape index (κ2) is 11.5. The Kier molecular flexibility index (Phi) is 8.02. The molecule has 1 heterocycles. The molecule has 0 unspecified atom stereocenters. The fourth-order valence-electron chi connectivity index (χ4n) is 3.34. The molecule has 0 aliphatic rings. The van der Waals surface area contributed by atoms with Crippen molar-refractivity contribution in [3.63, 3.8) is 0 Å². The Hall–Kier alpha value is -4.41. The summed E-state index contributed by atoms with van der Waals surface area (Å²) in [5, 5.41) is 15.7. The van der Waals surface area contributed by atoms with Gasteiger partial charge in [0.2, 0.25) is 0 Å². The number of nitrogens with zero attached hydrogens (tertiary/aromatic N) is 3. The van der Waals surface area contributed by atoms with E-state index in [0.29, 0.717) is 38.0 Å². The SMILES string of the molecule is O=C(NNC(=O)c1cccc(Cn2cc([N+](=O)[O-])cn2)c1)c1cccc(COc2cc(Cl)ccc2Cl)c1. The quantitative estimate of drug-likeness (QED) is 0.244. The number of nitro groups is 1. The minimum atomic E-state index is -0.534. The van der Waals surface area contributed by atoms with E-state index in [4.69, 9.17) is 27.9 Å². The van der Waals surface area contributed by atoms with Crippen LogP contribution < -0.4 is 15.6 Å². The third kappa shape index (κ3) is 6.84. The number of hydrogen-bond acceptors (Lipinski definition) is 6. The van der Waals surface area contributed by atoms with Gasteiger partial charge in [-0.3, -0.25) is 35.2 Å². The number of amides is 2. The Labute approximate surface area is 220 Å². The lowest BCUT2D eigenvalue weighted by atomic mass is 10.1. The molecule has 3 aromatic carbocycles. The molecule has 10 nitrogen and oxygen atoms in total. The molecule has 0 bridgehead atoms. The summed E-state index contributed by atoms with van der Waals surface area (Å²) in [6, 6.07) is 18.2. The van der Waals surface area contributed by atoms with E-state index in [-0.39, 0.29) is 18.8 Å². The van der Waals surface area contributed by atoms with Crippen molar-refractivity contribution >= 4 is 40.7 Å². The molecule has 2 amide bonds. The summed E-state index contributed by atoms with van der Waals surface area (Å²) in [5.41, 5.74) is 6.66. The van der Waals surface area contributed by atoms with E-state index in [0.717, 1.165) is 6.20 Å². The Balaban J connectivity index is 1.34. The minimum Gasteiger partial charge on any atom is -0.487 e. The van der Waals surface area contributed by atoms with Crippen LogP contribution in [0.25, 0.3) is 0 Å². The zero-order valence-corrected chi connectivity index (χ0v) is 20.6. The Morgan fingerprint density at radius 2 is 1.59 bits per heavy atom. The standard InChI is InChI=1S/C25H19Cl2N5O5/c26-20-7-8-22(27)23(11-20)37-15-17-4-2-6-19(10-17)25(34)30-29-24(33)18-5-1-3-16(9-18)13-31-14-21(12-28-31)32(35)36/h1-12,14H,13,15H2,(H,29,33)(H,30,34). The smallest absolute Gasteiger partial charge is 0.307 e. The molecule has 4 rings (SSSR count). The monoisotopic (exact) mass is 539 g/mol. The van der Waals surface area contributed by atoms with Crippen molar-refractivity contribution in [3.05, 3.63) is 122 Å². The highest BCUT2D eigenvalue weighted by atomic mass is 35.5. The number of nitrogens with one attached hydrogen (secondary N) is 2. The van der Waals surface area contributed by atoms with Gasteiger partial charge in [0, 0.05) is 22.2 Å². The number of benzene rings is 3. The number of ether oxygens (including phenoxy) is 1. The van der Waals surface area contributed by atoms with E-state index in [2.05, 4.69) is 16.0 Å². The van der Waals surface area contributed by atoms with E-state index < -0.39 is 16.7 Å². The molecule has 12 heteroatoms. The topological polar surface area (TPSA) is 128 Å². The van der Waals surface area contributed by atoms with Crippen molar-refractivity contribution in [3.8, 4) is 5.75 Å². The average Bonchev–Trinajstić information content (AvgIpc) is 3.37. The molecule has 37 heavy (non-hydrogen) atoms. The van der Waals surface area contributed by atoms with Crippen molar-refractivity contribution in [1.29, 1.82) is 0 Å². The van der Waals surface area contributed by atoms with Crippen molar-refractivity contribution in [2.75, 3.05) is 0 Å². The molecular weight excluding hydrogens is 521 g/mol. The number of hydrazine groups is 1. The highest BCUT2D eigenvalue weighted by Crippen LogP contribution is 2.28. The fraction of sp³-hybridized carbons (Fsp3) is 0.0800. The zero-order valence-electron chi connectivity index (χ0n) is 19.1. The molecule has 2 N–H and O–H groups in total. The molecular formula is C25H19Cl2N5O5. The molecule has 0 aliphatic carbocycles. The fourth-order valence-corrected chi connectivity index (χ4v) is 3.67. The molecule has 4 aromatic rings. The maximum Gasteiger partial charge on any atom is 0.307 e. The van der Waals surface area contributed by atoms with Crippen LogP contribution in [0.5, 0.6) is 5.75 Å². The van der Waals surface area contributed by atoms with Gasteiger partial charge in [0.15, 0.2) is 0 Å². The van der Waals surface area contributed by atoms with Gasteiger partial charge in [0.1, 0.15) is 24.8 Å². The first-order chi connectivity index (χ1) is 17.8. The second-order valence-corrected chi connectivity index (χ2v) is 8.67. The van der Waals surface area contributed by atoms with Gasteiger partial charge >= 0.3 is 5.69 Å². The summed E-state index contributed by atoms with van der Waals surface area (Å²) < 4.78 is 7.10. The normalized spacial score (nSPS) is 10.5. The van der Waals surface area contributed by atoms with E-state index in [1.807, 2.05) is 0 Å². The number of halogens is 2. The summed E-state index contributed by atoms with van der Waals surface area (Å²) in [6.45, 7) is 0.385. The van der Waals surface area contributed by atoms with Crippen LogP contribution >= 0.6 is 23.2 Å². The van der Waals surface area contributed by atoms with E-state index in [1.165, 1.54) is 10.9 Å². The summed E-state index contributed by atoms with van der Waals surface area (Å²) >= 11 is 12.1. The van der Waals surface area contributed by atoms with E-state index in [9.17, 15) is 19.7 Å². The molecule has 0 radical (unpaired) electrons. The number of aromatic nitrogens is 2. The molecule has 0 aliphatic heterocycles. The lowest BCUT2D eigenvalue weighted by molar-refractivity contribution is -0.385. The highest BCUT2D eigenvalue weighted by molar-refractivity contribution is 6.34. The van der Waals surface area contributed by atoms with Crippen molar-refractivity contribution < 1.29 is 19.2 Å². The first-order valence-electron chi connectivity index (χ1n) is 10.8. The van der Waals surface area contributed by atoms with Crippen molar-refractivity contribution in [2.45, 2.75) is 13.2 Å². The van der Waals surface area contributed by atoms with E-state index in [1.54, 1.807) is 66.7 Å². The Morgan fingerprint density at radius 1 is 0.946 bits per heavy atom. The highest BCUT2D eigenvalue weighted by Gasteiger charge is 2.13. The molecule has 0 fully saturated rings. The average molecular weight is 540 g/mol. The first-order valence-corrected chi connectivity index (χ1v) is 11.6. The van der Waals surface area contributed by atoms with Crippen molar-refractivity contribution in [2.24, 2.45) is 0 Å². The van der Waals surface area contributed by atoms with Gasteiger partial charge in [-0.1, -0.05) is 47.5 Å². The Bertz CT molecular complexity index is 1470. The number of hydrogen-bond donors (Lipinski definition) is 2. The lowest BCUT2D eigenvalue weighted by Crippen LogP contribution is -2.41. The lowest BCUT2D eigenvalue weighted by Gasteiger charge is -2.11. The Morgan fingerprint density at radius 3 is 2.24 bits per heavy atom. The van der Waals surface area contributed by atoms with Gasteiger partial charge in [0.05, 0.1) is 16.5 Å². The largest absolute Gasteiger partial charge is 0.487 e. The predicted molar refractivity (Wildman–Crippen MR) is 137 cm³/mol.